The molecular weight excluding hydrogens is 388 g/mol. The van der Waals surface area contributed by atoms with Gasteiger partial charge in [-0.25, -0.2) is 0 Å². The molecule has 31 heavy (non-hydrogen) atoms. The molecular formula is C27H27O4-. The molecule has 3 aromatic carbocycles. The summed E-state index contributed by atoms with van der Waals surface area (Å²) >= 11 is 0. The van der Waals surface area contributed by atoms with E-state index in [1.54, 1.807) is 0 Å². The van der Waals surface area contributed by atoms with Crippen molar-refractivity contribution in [1.82, 2.24) is 0 Å². The summed E-state index contributed by atoms with van der Waals surface area (Å²) in [6.07, 6.45) is 5.61. The molecule has 0 aliphatic heterocycles. The normalized spacial score (nSPS) is 10.2. The molecule has 0 amide bonds. The second-order valence-corrected chi connectivity index (χ2v) is 6.84. The molecule has 0 aliphatic carbocycles. The monoisotopic (exact) mass is 415 g/mol. The first-order chi connectivity index (χ1) is 15.1. The third-order valence-corrected chi connectivity index (χ3v) is 4.37. The van der Waals surface area contributed by atoms with Crippen LogP contribution in [0.4, 0.5) is 0 Å². The minimum Gasteiger partial charge on any atom is -0.550 e. The van der Waals surface area contributed by atoms with Gasteiger partial charge < -0.3 is 14.6 Å². The Kier molecular flexibility index (Phi) is 10.9. The van der Waals surface area contributed by atoms with Crippen LogP contribution in [0.2, 0.25) is 0 Å². The van der Waals surface area contributed by atoms with Gasteiger partial charge in [-0.05, 0) is 42.0 Å². The summed E-state index contributed by atoms with van der Waals surface area (Å²) in [4.78, 5) is 21.6. The van der Waals surface area contributed by atoms with Crippen LogP contribution in [0.15, 0.2) is 97.1 Å². The summed E-state index contributed by atoms with van der Waals surface area (Å²) < 4.78 is 5.16. The summed E-state index contributed by atoms with van der Waals surface area (Å²) in [5.41, 5.74) is 3.30. The Morgan fingerprint density at radius 3 is 1.71 bits per heavy atom. The van der Waals surface area contributed by atoms with Gasteiger partial charge in [0.15, 0.2) is 0 Å². The fraction of sp³-hybridized carbons (Fsp3) is 0.185. The molecule has 0 aliphatic rings. The summed E-state index contributed by atoms with van der Waals surface area (Å²) in [5.74, 6) is -1.15. The lowest BCUT2D eigenvalue weighted by Crippen LogP contribution is -2.22. The van der Waals surface area contributed by atoms with Crippen molar-refractivity contribution < 1.29 is 19.4 Å². The quantitative estimate of drug-likeness (QED) is 0.490. The van der Waals surface area contributed by atoms with E-state index in [4.69, 9.17) is 4.74 Å². The summed E-state index contributed by atoms with van der Waals surface area (Å²) in [5, 5.41) is 10.1. The molecule has 0 spiro atoms. The maximum Gasteiger partial charge on any atom is 0.306 e. The lowest BCUT2D eigenvalue weighted by molar-refractivity contribution is -0.305. The van der Waals surface area contributed by atoms with E-state index >= 15 is 0 Å². The predicted octanol–water partition coefficient (Wildman–Crippen LogP) is 4.24. The third kappa shape index (κ3) is 11.2. The number of carbonyl (C=O) groups excluding carboxylic acids is 2. The second kappa shape index (κ2) is 14.3. The molecule has 0 bridgehead atoms. The van der Waals surface area contributed by atoms with Crippen LogP contribution < -0.4 is 5.11 Å². The Hall–Kier alpha value is -3.66. The number of aliphatic carboxylic acids is 1. The van der Waals surface area contributed by atoms with Crippen LogP contribution in [0.3, 0.4) is 0 Å². The molecule has 0 heterocycles. The molecule has 4 heteroatoms. The zero-order valence-electron chi connectivity index (χ0n) is 17.5. The number of carboxylic acids is 1. The fourth-order valence-corrected chi connectivity index (χ4v) is 2.74. The summed E-state index contributed by atoms with van der Waals surface area (Å²) in [7, 11) is 0. The summed E-state index contributed by atoms with van der Waals surface area (Å²) in [6.45, 7) is 0.322. The summed E-state index contributed by atoms with van der Waals surface area (Å²) in [6, 6.07) is 29.4. The van der Waals surface area contributed by atoms with Crippen molar-refractivity contribution in [2.75, 3.05) is 6.61 Å². The van der Waals surface area contributed by atoms with Crippen molar-refractivity contribution in [3.63, 3.8) is 0 Å². The Bertz CT molecular complexity index is 919. The maximum absolute atomic E-state index is 11.6. The van der Waals surface area contributed by atoms with Gasteiger partial charge in [-0.3, -0.25) is 4.79 Å². The lowest BCUT2D eigenvalue weighted by atomic mass is 10.1. The first-order valence-corrected chi connectivity index (χ1v) is 10.3. The zero-order valence-corrected chi connectivity index (χ0v) is 17.5. The maximum atomic E-state index is 11.6. The highest BCUT2D eigenvalue weighted by molar-refractivity contribution is 5.70. The highest BCUT2D eigenvalue weighted by Gasteiger charge is 2.02. The van der Waals surface area contributed by atoms with Crippen molar-refractivity contribution >= 4 is 18.0 Å². The molecule has 0 N–H and O–H groups in total. The minimum absolute atomic E-state index is 0.101. The fourth-order valence-electron chi connectivity index (χ4n) is 2.74. The van der Waals surface area contributed by atoms with Crippen molar-refractivity contribution in [3.8, 4) is 0 Å². The van der Waals surface area contributed by atoms with Crippen LogP contribution in [0, 0.1) is 0 Å². The van der Waals surface area contributed by atoms with Gasteiger partial charge in [-0.2, -0.15) is 0 Å². The smallest absolute Gasteiger partial charge is 0.306 e. The van der Waals surface area contributed by atoms with E-state index in [0.29, 0.717) is 19.4 Å². The van der Waals surface area contributed by atoms with Crippen molar-refractivity contribution in [2.45, 2.75) is 25.7 Å². The average molecular weight is 416 g/mol. The number of ether oxygens (including phenoxy) is 1. The van der Waals surface area contributed by atoms with Crippen LogP contribution in [-0.4, -0.2) is 18.5 Å². The Labute approximate surface area is 183 Å². The van der Waals surface area contributed by atoms with E-state index in [2.05, 4.69) is 0 Å². The molecule has 0 unspecified atom stereocenters. The van der Waals surface area contributed by atoms with Crippen LogP contribution in [-0.2, 0) is 27.2 Å². The van der Waals surface area contributed by atoms with E-state index in [0.717, 1.165) is 23.1 Å². The van der Waals surface area contributed by atoms with E-state index < -0.39 is 5.97 Å². The number of benzene rings is 3. The van der Waals surface area contributed by atoms with Gasteiger partial charge in [0.05, 0.1) is 0 Å². The van der Waals surface area contributed by atoms with Gasteiger partial charge in [0, 0.05) is 12.4 Å². The number of aryl methyl sites for hydroxylation is 2. The standard InChI is InChI=1S/C18H18O2.C9H10O2/c19-18(14-13-17-10-5-2-6-11-17)20-15-7-12-16-8-3-1-4-9-16;10-9(11)7-6-8-4-2-1-3-5-8/h1-12H,13-15H2;1-5H,6-7H2,(H,10,11)/p-1. The molecule has 0 fully saturated rings. The minimum atomic E-state index is -0.992. The topological polar surface area (TPSA) is 66.4 Å². The van der Waals surface area contributed by atoms with Gasteiger partial charge in [0.1, 0.15) is 6.61 Å². The van der Waals surface area contributed by atoms with E-state index in [1.807, 2.05) is 103 Å². The molecule has 0 saturated carbocycles. The Morgan fingerprint density at radius 2 is 1.19 bits per heavy atom. The number of rotatable bonds is 9. The molecule has 3 rings (SSSR count). The van der Waals surface area contributed by atoms with Crippen molar-refractivity contribution in [2.24, 2.45) is 0 Å². The number of carbonyl (C=O) groups is 2. The largest absolute Gasteiger partial charge is 0.550 e. The van der Waals surface area contributed by atoms with Gasteiger partial charge in [0.2, 0.25) is 0 Å². The Morgan fingerprint density at radius 1 is 0.710 bits per heavy atom. The van der Waals surface area contributed by atoms with Gasteiger partial charge in [-0.1, -0.05) is 97.1 Å². The van der Waals surface area contributed by atoms with Crippen LogP contribution in [0.25, 0.3) is 6.08 Å². The highest BCUT2D eigenvalue weighted by atomic mass is 16.5. The van der Waals surface area contributed by atoms with Crippen LogP contribution in [0.5, 0.6) is 0 Å². The van der Waals surface area contributed by atoms with E-state index in [1.165, 1.54) is 0 Å². The van der Waals surface area contributed by atoms with Crippen LogP contribution in [0.1, 0.15) is 29.5 Å². The molecule has 0 aromatic heterocycles. The molecule has 0 atom stereocenters. The van der Waals surface area contributed by atoms with E-state index in [-0.39, 0.29) is 12.4 Å². The predicted molar refractivity (Wildman–Crippen MR) is 121 cm³/mol. The van der Waals surface area contributed by atoms with Crippen LogP contribution >= 0.6 is 0 Å². The van der Waals surface area contributed by atoms with Gasteiger partial charge >= 0.3 is 5.97 Å². The SMILES string of the molecule is O=C(CCc1ccccc1)OCC=Cc1ccccc1.O=C([O-])CCc1ccccc1. The number of esters is 1. The molecule has 4 nitrogen and oxygen atoms in total. The van der Waals surface area contributed by atoms with Crippen molar-refractivity contribution in [1.29, 1.82) is 0 Å². The Balaban J connectivity index is 0.000000262. The van der Waals surface area contributed by atoms with Crippen molar-refractivity contribution in [3.05, 3.63) is 114 Å². The lowest BCUT2D eigenvalue weighted by Gasteiger charge is -2.02. The zero-order chi connectivity index (χ0) is 22.2. The first-order valence-electron chi connectivity index (χ1n) is 10.3. The highest BCUT2D eigenvalue weighted by Crippen LogP contribution is 2.04. The second-order valence-electron chi connectivity index (χ2n) is 6.84. The van der Waals surface area contributed by atoms with Gasteiger partial charge in [-0.15, -0.1) is 0 Å². The third-order valence-electron chi connectivity index (χ3n) is 4.37. The van der Waals surface area contributed by atoms with Gasteiger partial charge in [0.25, 0.3) is 0 Å². The van der Waals surface area contributed by atoms with E-state index in [9.17, 15) is 14.7 Å². The number of carboxylic acid groups (broad SMARTS) is 1. The number of hydrogen-bond donors (Lipinski definition) is 0. The molecule has 0 radical (unpaired) electrons. The molecule has 0 saturated heterocycles. The first kappa shape index (κ1) is 23.6. The average Bonchev–Trinajstić information content (AvgIpc) is 2.82. The molecule has 160 valence electrons. The number of hydrogen-bond acceptors (Lipinski definition) is 4. The molecule has 3 aromatic rings.